The molecule has 96 valence electrons. The summed E-state index contributed by atoms with van der Waals surface area (Å²) in [5.74, 6) is 0.490. The van der Waals surface area contributed by atoms with Gasteiger partial charge in [0.1, 0.15) is 0 Å². The molecule has 0 amide bonds. The van der Waals surface area contributed by atoms with Crippen molar-refractivity contribution in [2.75, 3.05) is 20.3 Å². The van der Waals surface area contributed by atoms with Crippen molar-refractivity contribution in [2.24, 2.45) is 5.41 Å². The van der Waals surface area contributed by atoms with E-state index in [-0.39, 0.29) is 0 Å². The summed E-state index contributed by atoms with van der Waals surface area (Å²) in [6.07, 6.45) is 1.79. The van der Waals surface area contributed by atoms with Crippen LogP contribution in [0.25, 0.3) is 0 Å². The Morgan fingerprint density at radius 2 is 2.22 bits per heavy atom. The number of rotatable bonds is 3. The molecule has 0 saturated carbocycles. The Balaban J connectivity index is 2.22. The predicted octanol–water partition coefficient (Wildman–Crippen LogP) is 1.44. The number of pyridine rings is 1. The third-order valence-electron chi connectivity index (χ3n) is 3.42. The largest absolute Gasteiger partial charge is 0.481 e. The quantitative estimate of drug-likeness (QED) is 0.876. The number of methoxy groups -OCH3 is 1. The number of nitriles is 1. The van der Waals surface area contributed by atoms with Gasteiger partial charge in [-0.05, 0) is 18.9 Å². The first kappa shape index (κ1) is 12.8. The lowest BCUT2D eigenvalue weighted by atomic mass is 9.74. The minimum absolute atomic E-state index is 0.490. The van der Waals surface area contributed by atoms with Crippen LogP contribution in [0.1, 0.15) is 24.5 Å². The van der Waals surface area contributed by atoms with Crippen LogP contribution in [0.15, 0.2) is 18.3 Å². The Hall–Kier alpha value is -1.64. The molecule has 0 spiro atoms. The maximum absolute atomic E-state index is 10.4. The van der Waals surface area contributed by atoms with Crippen LogP contribution in [0.5, 0.6) is 5.88 Å². The van der Waals surface area contributed by atoms with Crippen molar-refractivity contribution in [2.45, 2.75) is 18.9 Å². The molecule has 1 N–H and O–H groups in total. The van der Waals surface area contributed by atoms with Crippen molar-refractivity contribution in [1.29, 1.82) is 5.26 Å². The Labute approximate surface area is 106 Å². The molecule has 1 unspecified atom stereocenters. The second-order valence-corrected chi connectivity index (χ2v) is 4.42. The first-order chi connectivity index (χ1) is 8.72. The lowest BCUT2D eigenvalue weighted by Crippen LogP contribution is -2.34. The molecule has 1 aliphatic heterocycles. The minimum atomic E-state index is -0.843. The molecule has 5 nitrogen and oxygen atoms in total. The van der Waals surface area contributed by atoms with E-state index in [1.54, 1.807) is 18.3 Å². The Bertz CT molecular complexity index is 433. The van der Waals surface area contributed by atoms with E-state index in [1.165, 1.54) is 7.11 Å². The first-order valence-corrected chi connectivity index (χ1v) is 5.89. The SMILES string of the molecule is COc1ccc(C(O)C2(C#N)CCOCC2)cn1. The molecule has 1 aromatic rings. The second kappa shape index (κ2) is 5.34. The maximum atomic E-state index is 10.4. The van der Waals surface area contributed by atoms with Crippen LogP contribution < -0.4 is 4.74 Å². The lowest BCUT2D eigenvalue weighted by molar-refractivity contribution is -0.0311. The summed E-state index contributed by atoms with van der Waals surface area (Å²) >= 11 is 0. The molecule has 0 radical (unpaired) electrons. The number of aliphatic hydroxyl groups is 1. The number of hydrogen-bond donors (Lipinski definition) is 1. The van der Waals surface area contributed by atoms with Gasteiger partial charge in [0.2, 0.25) is 5.88 Å². The van der Waals surface area contributed by atoms with E-state index in [2.05, 4.69) is 11.1 Å². The summed E-state index contributed by atoms with van der Waals surface area (Å²) in [4.78, 5) is 4.06. The van der Waals surface area contributed by atoms with Crippen LogP contribution in [0, 0.1) is 16.7 Å². The Morgan fingerprint density at radius 1 is 1.50 bits per heavy atom. The molecule has 1 fully saturated rings. The zero-order chi connectivity index (χ0) is 13.0. The highest BCUT2D eigenvalue weighted by Gasteiger charge is 2.40. The topological polar surface area (TPSA) is 75.4 Å². The van der Waals surface area contributed by atoms with E-state index in [0.717, 1.165) is 0 Å². The normalized spacial score (nSPS) is 19.8. The van der Waals surface area contributed by atoms with Gasteiger partial charge in [-0.15, -0.1) is 0 Å². The van der Waals surface area contributed by atoms with E-state index < -0.39 is 11.5 Å². The van der Waals surface area contributed by atoms with Crippen molar-refractivity contribution >= 4 is 0 Å². The van der Waals surface area contributed by atoms with Gasteiger partial charge in [0, 0.05) is 31.0 Å². The fraction of sp³-hybridized carbons (Fsp3) is 0.538. The highest BCUT2D eigenvalue weighted by molar-refractivity contribution is 5.24. The maximum Gasteiger partial charge on any atom is 0.212 e. The lowest BCUT2D eigenvalue weighted by Gasteiger charge is -2.34. The molecule has 2 heterocycles. The fourth-order valence-corrected chi connectivity index (χ4v) is 2.18. The second-order valence-electron chi connectivity index (χ2n) is 4.42. The molecule has 0 bridgehead atoms. The van der Waals surface area contributed by atoms with Gasteiger partial charge in [0.15, 0.2) is 0 Å². The fourth-order valence-electron chi connectivity index (χ4n) is 2.18. The van der Waals surface area contributed by atoms with Crippen molar-refractivity contribution < 1.29 is 14.6 Å². The van der Waals surface area contributed by atoms with Crippen LogP contribution >= 0.6 is 0 Å². The van der Waals surface area contributed by atoms with Gasteiger partial charge < -0.3 is 14.6 Å². The Morgan fingerprint density at radius 3 is 2.72 bits per heavy atom. The van der Waals surface area contributed by atoms with Crippen molar-refractivity contribution in [3.8, 4) is 11.9 Å². The first-order valence-electron chi connectivity index (χ1n) is 5.89. The Kier molecular flexibility index (Phi) is 3.80. The summed E-state index contributed by atoms with van der Waals surface area (Å²) in [6.45, 7) is 1.02. The van der Waals surface area contributed by atoms with Gasteiger partial charge in [-0.1, -0.05) is 0 Å². The molecule has 2 rings (SSSR count). The highest BCUT2D eigenvalue weighted by atomic mass is 16.5. The smallest absolute Gasteiger partial charge is 0.212 e. The summed E-state index contributed by atoms with van der Waals surface area (Å²) < 4.78 is 10.2. The molecule has 1 aliphatic rings. The van der Waals surface area contributed by atoms with Crippen LogP contribution in [-0.4, -0.2) is 30.4 Å². The van der Waals surface area contributed by atoms with Gasteiger partial charge in [-0.25, -0.2) is 4.98 Å². The third-order valence-corrected chi connectivity index (χ3v) is 3.42. The molecule has 5 heteroatoms. The zero-order valence-corrected chi connectivity index (χ0v) is 10.3. The van der Waals surface area contributed by atoms with E-state index in [1.807, 2.05) is 0 Å². The summed E-state index contributed by atoms with van der Waals surface area (Å²) in [5.41, 5.74) is -0.131. The number of aromatic nitrogens is 1. The molecular weight excluding hydrogens is 232 g/mol. The van der Waals surface area contributed by atoms with E-state index >= 15 is 0 Å². The van der Waals surface area contributed by atoms with E-state index in [9.17, 15) is 10.4 Å². The number of nitrogens with zero attached hydrogens (tertiary/aromatic N) is 2. The summed E-state index contributed by atoms with van der Waals surface area (Å²) in [5, 5.41) is 19.8. The van der Waals surface area contributed by atoms with Gasteiger partial charge in [-0.2, -0.15) is 5.26 Å². The third kappa shape index (κ3) is 2.30. The van der Waals surface area contributed by atoms with Crippen LogP contribution in [0.4, 0.5) is 0 Å². The molecule has 0 aliphatic carbocycles. The average molecular weight is 248 g/mol. The number of hydrogen-bond acceptors (Lipinski definition) is 5. The van der Waals surface area contributed by atoms with Crippen LogP contribution in [-0.2, 0) is 4.74 Å². The van der Waals surface area contributed by atoms with Gasteiger partial charge >= 0.3 is 0 Å². The molecule has 0 aromatic carbocycles. The predicted molar refractivity (Wildman–Crippen MR) is 63.8 cm³/mol. The van der Waals surface area contributed by atoms with Gasteiger partial charge in [-0.3, -0.25) is 0 Å². The summed E-state index contributed by atoms with van der Waals surface area (Å²) in [7, 11) is 1.54. The van der Waals surface area contributed by atoms with Crippen LogP contribution in [0.2, 0.25) is 0 Å². The van der Waals surface area contributed by atoms with Crippen molar-refractivity contribution in [3.63, 3.8) is 0 Å². The standard InChI is InChI=1S/C13H16N2O3/c1-17-11-3-2-10(8-15-11)12(16)13(9-14)4-6-18-7-5-13/h2-3,8,12,16H,4-7H2,1H3. The molecule has 1 saturated heterocycles. The van der Waals surface area contributed by atoms with Crippen molar-refractivity contribution in [1.82, 2.24) is 4.98 Å². The molecule has 1 atom stereocenters. The van der Waals surface area contributed by atoms with Gasteiger partial charge in [0.05, 0.1) is 24.7 Å². The van der Waals surface area contributed by atoms with Crippen molar-refractivity contribution in [3.05, 3.63) is 23.9 Å². The molecule has 18 heavy (non-hydrogen) atoms. The van der Waals surface area contributed by atoms with Gasteiger partial charge in [0.25, 0.3) is 0 Å². The minimum Gasteiger partial charge on any atom is -0.481 e. The average Bonchev–Trinajstić information content (AvgIpc) is 2.47. The van der Waals surface area contributed by atoms with E-state index in [4.69, 9.17) is 9.47 Å². The zero-order valence-electron chi connectivity index (χ0n) is 10.3. The number of ether oxygens (including phenoxy) is 2. The monoisotopic (exact) mass is 248 g/mol. The van der Waals surface area contributed by atoms with E-state index in [0.29, 0.717) is 37.5 Å². The number of aliphatic hydroxyl groups excluding tert-OH is 1. The van der Waals surface area contributed by atoms with Crippen LogP contribution in [0.3, 0.4) is 0 Å². The molecular formula is C13H16N2O3. The molecule has 1 aromatic heterocycles. The highest BCUT2D eigenvalue weighted by Crippen LogP contribution is 2.41. The summed E-state index contributed by atoms with van der Waals surface area (Å²) in [6, 6.07) is 5.68.